The molecule has 2 aromatic rings. The number of nitrogens with zero attached hydrogens (tertiary/aromatic N) is 1. The van der Waals surface area contributed by atoms with Crippen LogP contribution in [0.1, 0.15) is 13.3 Å². The van der Waals surface area contributed by atoms with Gasteiger partial charge in [0.25, 0.3) is 0 Å². The third-order valence-corrected chi connectivity index (χ3v) is 2.76. The van der Waals surface area contributed by atoms with Gasteiger partial charge in [-0.2, -0.15) is 0 Å². The first kappa shape index (κ1) is 11.9. The number of benzene rings is 1. The Morgan fingerprint density at radius 2 is 2.18 bits per heavy atom. The predicted molar refractivity (Wildman–Crippen MR) is 70.4 cm³/mol. The van der Waals surface area contributed by atoms with E-state index in [-0.39, 0.29) is 6.10 Å². The molecule has 1 heterocycles. The summed E-state index contributed by atoms with van der Waals surface area (Å²) < 4.78 is 5.89. The molecule has 0 amide bonds. The summed E-state index contributed by atoms with van der Waals surface area (Å²) in [4.78, 5) is 4.38. The van der Waals surface area contributed by atoms with Crippen molar-refractivity contribution in [3.05, 3.63) is 36.5 Å². The van der Waals surface area contributed by atoms with Crippen LogP contribution in [0.5, 0.6) is 5.75 Å². The highest BCUT2D eigenvalue weighted by molar-refractivity contribution is 5.79. The van der Waals surface area contributed by atoms with Gasteiger partial charge in [0.15, 0.2) is 0 Å². The molecule has 1 aromatic carbocycles. The average molecular weight is 230 g/mol. The van der Waals surface area contributed by atoms with E-state index in [0.29, 0.717) is 0 Å². The van der Waals surface area contributed by atoms with E-state index in [4.69, 9.17) is 4.74 Å². The molecule has 1 atom stereocenters. The highest BCUT2D eigenvalue weighted by atomic mass is 16.5. The monoisotopic (exact) mass is 230 g/mol. The standard InChI is InChI=1S/C14H18N2O/c1-3-12(9-15-2)17-13-8-11-6-4-5-7-14(11)16-10-13/h4-8,10,12,15H,3,9H2,1-2H3. The Hall–Kier alpha value is -1.61. The number of nitrogens with one attached hydrogen (secondary N) is 1. The fourth-order valence-corrected chi connectivity index (χ4v) is 1.80. The van der Waals surface area contributed by atoms with Gasteiger partial charge in [-0.05, 0) is 25.6 Å². The van der Waals surface area contributed by atoms with E-state index in [9.17, 15) is 0 Å². The van der Waals surface area contributed by atoms with Gasteiger partial charge in [-0.1, -0.05) is 25.1 Å². The lowest BCUT2D eigenvalue weighted by Crippen LogP contribution is -2.28. The van der Waals surface area contributed by atoms with Gasteiger partial charge in [0.05, 0.1) is 11.7 Å². The molecular formula is C14H18N2O. The quantitative estimate of drug-likeness (QED) is 0.857. The number of hydrogen-bond donors (Lipinski definition) is 1. The number of para-hydroxylation sites is 1. The minimum Gasteiger partial charge on any atom is -0.487 e. The molecule has 0 aliphatic carbocycles. The molecule has 3 heteroatoms. The topological polar surface area (TPSA) is 34.1 Å². The first-order valence-electron chi connectivity index (χ1n) is 5.99. The van der Waals surface area contributed by atoms with Gasteiger partial charge in [-0.25, -0.2) is 0 Å². The van der Waals surface area contributed by atoms with Gasteiger partial charge < -0.3 is 10.1 Å². The van der Waals surface area contributed by atoms with Crippen molar-refractivity contribution in [1.29, 1.82) is 0 Å². The number of hydrogen-bond acceptors (Lipinski definition) is 3. The number of aromatic nitrogens is 1. The van der Waals surface area contributed by atoms with Crippen molar-refractivity contribution in [3.8, 4) is 5.75 Å². The van der Waals surface area contributed by atoms with E-state index >= 15 is 0 Å². The van der Waals surface area contributed by atoms with Crippen LogP contribution in [-0.2, 0) is 0 Å². The molecule has 1 unspecified atom stereocenters. The second-order valence-electron chi connectivity index (χ2n) is 4.07. The number of likely N-dealkylation sites (N-methyl/N-ethyl adjacent to an activating group) is 1. The average Bonchev–Trinajstić information content (AvgIpc) is 2.38. The molecule has 0 aliphatic heterocycles. The summed E-state index contributed by atoms with van der Waals surface area (Å²) in [6.07, 6.45) is 2.97. The van der Waals surface area contributed by atoms with E-state index < -0.39 is 0 Å². The summed E-state index contributed by atoms with van der Waals surface area (Å²) in [6, 6.07) is 10.1. The summed E-state index contributed by atoms with van der Waals surface area (Å²) in [7, 11) is 1.94. The van der Waals surface area contributed by atoms with Crippen LogP contribution in [0.4, 0.5) is 0 Å². The molecular weight excluding hydrogens is 212 g/mol. The maximum absolute atomic E-state index is 5.89. The van der Waals surface area contributed by atoms with Crippen LogP contribution in [0.15, 0.2) is 36.5 Å². The minimum atomic E-state index is 0.197. The van der Waals surface area contributed by atoms with Gasteiger partial charge in [-0.3, -0.25) is 4.98 Å². The Kier molecular flexibility index (Phi) is 3.94. The molecule has 0 saturated carbocycles. The van der Waals surface area contributed by atoms with Crippen molar-refractivity contribution in [1.82, 2.24) is 10.3 Å². The third-order valence-electron chi connectivity index (χ3n) is 2.76. The first-order chi connectivity index (χ1) is 8.33. The summed E-state index contributed by atoms with van der Waals surface area (Å²) in [5.74, 6) is 0.839. The molecule has 3 nitrogen and oxygen atoms in total. The minimum absolute atomic E-state index is 0.197. The van der Waals surface area contributed by atoms with Crippen LogP contribution >= 0.6 is 0 Å². The van der Waals surface area contributed by atoms with E-state index in [1.54, 1.807) is 6.20 Å². The van der Waals surface area contributed by atoms with Crippen LogP contribution in [-0.4, -0.2) is 24.7 Å². The summed E-state index contributed by atoms with van der Waals surface area (Å²) in [5, 5.41) is 4.25. The van der Waals surface area contributed by atoms with Gasteiger partial charge in [0.2, 0.25) is 0 Å². The second-order valence-corrected chi connectivity index (χ2v) is 4.07. The van der Waals surface area contributed by atoms with Crippen molar-refractivity contribution < 1.29 is 4.74 Å². The molecule has 2 rings (SSSR count). The molecule has 0 bridgehead atoms. The van der Waals surface area contributed by atoms with Crippen molar-refractivity contribution in [2.75, 3.05) is 13.6 Å². The number of ether oxygens (including phenoxy) is 1. The molecule has 0 aliphatic rings. The lowest BCUT2D eigenvalue weighted by Gasteiger charge is -2.17. The highest BCUT2D eigenvalue weighted by Gasteiger charge is 2.07. The van der Waals surface area contributed by atoms with E-state index in [2.05, 4.69) is 17.2 Å². The van der Waals surface area contributed by atoms with Crippen molar-refractivity contribution >= 4 is 10.9 Å². The smallest absolute Gasteiger partial charge is 0.138 e. The second kappa shape index (κ2) is 5.64. The maximum atomic E-state index is 5.89. The number of pyridine rings is 1. The normalized spacial score (nSPS) is 12.6. The fraction of sp³-hybridized carbons (Fsp3) is 0.357. The lowest BCUT2D eigenvalue weighted by molar-refractivity contribution is 0.196. The Morgan fingerprint density at radius 3 is 2.94 bits per heavy atom. The van der Waals surface area contributed by atoms with Crippen LogP contribution in [0.2, 0.25) is 0 Å². The van der Waals surface area contributed by atoms with Gasteiger partial charge in [0.1, 0.15) is 11.9 Å². The first-order valence-corrected chi connectivity index (χ1v) is 5.99. The Bertz CT molecular complexity index is 484. The summed E-state index contributed by atoms with van der Waals surface area (Å²) in [6.45, 7) is 2.97. The number of fused-ring (bicyclic) bond motifs is 1. The molecule has 0 saturated heterocycles. The zero-order chi connectivity index (χ0) is 12.1. The zero-order valence-electron chi connectivity index (χ0n) is 10.3. The van der Waals surface area contributed by atoms with Crippen molar-refractivity contribution in [3.63, 3.8) is 0 Å². The number of rotatable bonds is 5. The summed E-state index contributed by atoms with van der Waals surface area (Å²) >= 11 is 0. The Balaban J connectivity index is 2.18. The molecule has 0 fully saturated rings. The van der Waals surface area contributed by atoms with Crippen LogP contribution in [0.25, 0.3) is 10.9 Å². The van der Waals surface area contributed by atoms with Gasteiger partial charge in [0, 0.05) is 11.9 Å². The van der Waals surface area contributed by atoms with Crippen LogP contribution in [0, 0.1) is 0 Å². The predicted octanol–water partition coefficient (Wildman–Crippen LogP) is 2.61. The van der Waals surface area contributed by atoms with E-state index in [1.165, 1.54) is 0 Å². The maximum Gasteiger partial charge on any atom is 0.138 e. The van der Waals surface area contributed by atoms with Crippen LogP contribution < -0.4 is 10.1 Å². The van der Waals surface area contributed by atoms with E-state index in [0.717, 1.165) is 29.6 Å². The highest BCUT2D eigenvalue weighted by Crippen LogP contribution is 2.19. The SMILES string of the molecule is CCC(CNC)Oc1cnc2ccccc2c1. The zero-order valence-corrected chi connectivity index (χ0v) is 10.3. The molecule has 1 N–H and O–H groups in total. The van der Waals surface area contributed by atoms with E-state index in [1.807, 2.05) is 37.4 Å². The molecule has 0 radical (unpaired) electrons. The molecule has 0 spiro atoms. The Labute approximate surface area is 102 Å². The largest absolute Gasteiger partial charge is 0.487 e. The summed E-state index contributed by atoms with van der Waals surface area (Å²) in [5.41, 5.74) is 1.00. The fourth-order valence-electron chi connectivity index (χ4n) is 1.80. The molecule has 17 heavy (non-hydrogen) atoms. The molecule has 1 aromatic heterocycles. The lowest BCUT2D eigenvalue weighted by atomic mass is 10.2. The Morgan fingerprint density at radius 1 is 1.35 bits per heavy atom. The van der Waals surface area contributed by atoms with Crippen molar-refractivity contribution in [2.24, 2.45) is 0 Å². The van der Waals surface area contributed by atoms with Crippen LogP contribution in [0.3, 0.4) is 0 Å². The van der Waals surface area contributed by atoms with Gasteiger partial charge >= 0.3 is 0 Å². The molecule has 90 valence electrons. The van der Waals surface area contributed by atoms with Crippen molar-refractivity contribution in [2.45, 2.75) is 19.4 Å². The van der Waals surface area contributed by atoms with Gasteiger partial charge in [-0.15, -0.1) is 0 Å². The third kappa shape index (κ3) is 2.94.